The third-order valence-electron chi connectivity index (χ3n) is 4.49. The highest BCUT2D eigenvalue weighted by atomic mass is 32.2. The molecule has 1 aliphatic carbocycles. The van der Waals surface area contributed by atoms with Crippen LogP contribution in [0.15, 0.2) is 35.3 Å². The van der Waals surface area contributed by atoms with E-state index < -0.39 is 33.6 Å². The number of nitrogens with one attached hydrogen (secondary N) is 1. The van der Waals surface area contributed by atoms with E-state index in [1.807, 2.05) is 19.9 Å². The second-order valence-electron chi connectivity index (χ2n) is 7.00. The molecule has 0 fully saturated rings. The summed E-state index contributed by atoms with van der Waals surface area (Å²) in [5.74, 6) is -1.45. The molecule has 0 spiro atoms. The molecule has 0 aromatic rings. The van der Waals surface area contributed by atoms with Gasteiger partial charge in [-0.25, -0.2) is 17.9 Å². The van der Waals surface area contributed by atoms with Crippen LogP contribution < -0.4 is 4.72 Å². The van der Waals surface area contributed by atoms with E-state index in [9.17, 15) is 18.0 Å². The van der Waals surface area contributed by atoms with Crippen molar-refractivity contribution >= 4 is 21.9 Å². The number of esters is 1. The van der Waals surface area contributed by atoms with Gasteiger partial charge in [-0.05, 0) is 31.9 Å². The minimum Gasteiger partial charge on any atom is -0.467 e. The minimum atomic E-state index is -4.09. The van der Waals surface area contributed by atoms with Crippen molar-refractivity contribution in [3.05, 3.63) is 35.3 Å². The van der Waals surface area contributed by atoms with E-state index in [1.165, 1.54) is 26.2 Å². The number of ether oxygens (including phenoxy) is 2. The summed E-state index contributed by atoms with van der Waals surface area (Å²) in [4.78, 5) is 24.4. The molecule has 152 valence electrons. The molecule has 1 rings (SSSR count). The van der Waals surface area contributed by atoms with Crippen LogP contribution in [0.5, 0.6) is 0 Å². The smallest absolute Gasteiger partial charge is 0.334 e. The van der Waals surface area contributed by atoms with E-state index in [2.05, 4.69) is 9.46 Å². The standard InChI is InChI=1S/C19H29NO6S/c1-7-19(8-2,26-14(3)16(21)25-6)17(22)20-27(23,24)15-10-9-12-18(4,5)13-11-15/h9-14H,7-8H2,1-6H3,(H,20,22). The molecule has 8 heteroatoms. The van der Waals surface area contributed by atoms with Gasteiger partial charge in [0, 0.05) is 5.41 Å². The lowest BCUT2D eigenvalue weighted by atomic mass is 9.93. The van der Waals surface area contributed by atoms with Gasteiger partial charge in [0.25, 0.3) is 15.9 Å². The van der Waals surface area contributed by atoms with Crippen LogP contribution in [-0.4, -0.2) is 39.1 Å². The van der Waals surface area contributed by atoms with Gasteiger partial charge >= 0.3 is 5.97 Å². The summed E-state index contributed by atoms with van der Waals surface area (Å²) in [5.41, 5.74) is -1.77. The number of rotatable bonds is 8. The van der Waals surface area contributed by atoms with Crippen LogP contribution in [0.25, 0.3) is 0 Å². The number of sulfonamides is 1. The lowest BCUT2D eigenvalue weighted by molar-refractivity contribution is -0.172. The predicted octanol–water partition coefficient (Wildman–Crippen LogP) is 2.61. The second kappa shape index (κ2) is 8.84. The monoisotopic (exact) mass is 399 g/mol. The Hall–Kier alpha value is -1.93. The summed E-state index contributed by atoms with van der Waals surface area (Å²) in [6, 6.07) is 0. The topological polar surface area (TPSA) is 98.8 Å². The maximum Gasteiger partial charge on any atom is 0.334 e. The van der Waals surface area contributed by atoms with Crippen LogP contribution in [0.3, 0.4) is 0 Å². The van der Waals surface area contributed by atoms with Crippen molar-refractivity contribution in [1.29, 1.82) is 0 Å². The van der Waals surface area contributed by atoms with Crippen molar-refractivity contribution in [2.45, 2.75) is 59.2 Å². The first kappa shape index (κ1) is 23.1. The van der Waals surface area contributed by atoms with Gasteiger partial charge in [0.15, 0.2) is 6.10 Å². The first-order valence-corrected chi connectivity index (χ1v) is 10.3. The zero-order chi connectivity index (χ0) is 20.9. The predicted molar refractivity (Wildman–Crippen MR) is 103 cm³/mol. The Kier molecular flexibility index (Phi) is 7.57. The maximum atomic E-state index is 12.8. The lowest BCUT2D eigenvalue weighted by Gasteiger charge is -2.32. The first-order valence-electron chi connectivity index (χ1n) is 8.84. The third kappa shape index (κ3) is 5.77. The summed E-state index contributed by atoms with van der Waals surface area (Å²) in [6.07, 6.45) is 7.51. The third-order valence-corrected chi connectivity index (χ3v) is 5.84. The Bertz CT molecular complexity index is 757. The average molecular weight is 400 g/mol. The summed E-state index contributed by atoms with van der Waals surface area (Å²) >= 11 is 0. The Morgan fingerprint density at radius 2 is 1.81 bits per heavy atom. The summed E-state index contributed by atoms with van der Waals surface area (Å²) in [7, 11) is -2.88. The van der Waals surface area contributed by atoms with Crippen molar-refractivity contribution in [3.8, 4) is 0 Å². The molecule has 27 heavy (non-hydrogen) atoms. The van der Waals surface area contributed by atoms with Crippen molar-refractivity contribution < 1.29 is 27.5 Å². The molecule has 1 amide bonds. The zero-order valence-corrected chi connectivity index (χ0v) is 17.6. The van der Waals surface area contributed by atoms with Gasteiger partial charge in [0.1, 0.15) is 5.60 Å². The molecule has 0 aromatic carbocycles. The minimum absolute atomic E-state index is 0.0280. The highest BCUT2D eigenvalue weighted by Gasteiger charge is 2.41. The number of hydrogen-bond donors (Lipinski definition) is 1. The summed E-state index contributed by atoms with van der Waals surface area (Å²) in [5, 5.41) is 0. The van der Waals surface area contributed by atoms with Gasteiger partial charge in [0.05, 0.1) is 12.0 Å². The molecule has 1 aliphatic rings. The lowest BCUT2D eigenvalue weighted by Crippen LogP contribution is -2.52. The van der Waals surface area contributed by atoms with Crippen LogP contribution in [-0.2, 0) is 29.1 Å². The first-order chi connectivity index (χ1) is 12.4. The van der Waals surface area contributed by atoms with E-state index >= 15 is 0 Å². The van der Waals surface area contributed by atoms with Crippen LogP contribution in [0.1, 0.15) is 47.5 Å². The highest BCUT2D eigenvalue weighted by molar-refractivity contribution is 7.94. The maximum absolute atomic E-state index is 12.8. The fourth-order valence-corrected chi connectivity index (χ4v) is 3.65. The molecule has 0 bridgehead atoms. The van der Waals surface area contributed by atoms with Crippen LogP contribution in [0.4, 0.5) is 0 Å². The van der Waals surface area contributed by atoms with Gasteiger partial charge in [-0.2, -0.15) is 0 Å². The van der Waals surface area contributed by atoms with Gasteiger partial charge in [0.2, 0.25) is 0 Å². The number of hydrogen-bond acceptors (Lipinski definition) is 6. The molecule has 0 aromatic heterocycles. The molecule has 1 unspecified atom stereocenters. The average Bonchev–Trinajstić information content (AvgIpc) is 2.79. The molecule has 1 atom stereocenters. The Morgan fingerprint density at radius 1 is 1.22 bits per heavy atom. The number of carbonyl (C=O) groups is 2. The van der Waals surface area contributed by atoms with Crippen molar-refractivity contribution in [2.75, 3.05) is 7.11 Å². The number of amides is 1. The molecule has 0 radical (unpaired) electrons. The number of methoxy groups -OCH3 is 1. The van der Waals surface area contributed by atoms with Gasteiger partial charge in [-0.3, -0.25) is 4.79 Å². The van der Waals surface area contributed by atoms with E-state index in [-0.39, 0.29) is 23.2 Å². The Morgan fingerprint density at radius 3 is 2.33 bits per heavy atom. The molecule has 0 heterocycles. The SMILES string of the molecule is CCC(CC)(OC(C)C(=O)OC)C(=O)NS(=O)(=O)C1=CC=CC(C)(C)C=C1. The van der Waals surface area contributed by atoms with E-state index in [4.69, 9.17) is 4.74 Å². The Labute approximate surface area is 161 Å². The fourth-order valence-electron chi connectivity index (χ4n) is 2.60. The van der Waals surface area contributed by atoms with Gasteiger partial charge in [-0.1, -0.05) is 45.9 Å². The fraction of sp³-hybridized carbons (Fsp3) is 0.579. The molecular formula is C19H29NO6S. The van der Waals surface area contributed by atoms with Crippen LogP contribution >= 0.6 is 0 Å². The molecular weight excluding hydrogens is 370 g/mol. The van der Waals surface area contributed by atoms with E-state index in [0.29, 0.717) is 0 Å². The highest BCUT2D eigenvalue weighted by Crippen LogP contribution is 2.26. The Balaban J connectivity index is 3.09. The van der Waals surface area contributed by atoms with Crippen molar-refractivity contribution in [3.63, 3.8) is 0 Å². The van der Waals surface area contributed by atoms with Gasteiger partial charge in [-0.15, -0.1) is 0 Å². The molecule has 0 aliphatic heterocycles. The number of allylic oxidation sites excluding steroid dienone is 5. The van der Waals surface area contributed by atoms with Crippen LogP contribution in [0, 0.1) is 5.41 Å². The van der Waals surface area contributed by atoms with E-state index in [1.54, 1.807) is 26.0 Å². The number of carbonyl (C=O) groups excluding carboxylic acids is 2. The molecule has 0 saturated heterocycles. The second-order valence-corrected chi connectivity index (χ2v) is 8.68. The van der Waals surface area contributed by atoms with Crippen molar-refractivity contribution in [1.82, 2.24) is 4.72 Å². The largest absolute Gasteiger partial charge is 0.467 e. The molecule has 7 nitrogen and oxygen atoms in total. The summed E-state index contributed by atoms with van der Waals surface area (Å²) in [6.45, 7) is 8.70. The van der Waals surface area contributed by atoms with E-state index in [0.717, 1.165) is 0 Å². The van der Waals surface area contributed by atoms with Gasteiger partial charge < -0.3 is 9.47 Å². The quantitative estimate of drug-likeness (QED) is 0.630. The molecule has 1 N–H and O–H groups in total. The molecule has 0 saturated carbocycles. The zero-order valence-electron chi connectivity index (χ0n) is 16.7. The van der Waals surface area contributed by atoms with Crippen molar-refractivity contribution in [2.24, 2.45) is 5.41 Å². The van der Waals surface area contributed by atoms with Crippen LogP contribution in [0.2, 0.25) is 0 Å². The normalized spacial score (nSPS) is 17.6. The summed E-state index contributed by atoms with van der Waals surface area (Å²) < 4.78 is 37.7.